The number of rotatable bonds is 4. The molecule has 0 saturated carbocycles. The molecule has 0 saturated heterocycles. The quantitative estimate of drug-likeness (QED) is 0.639. The van der Waals surface area contributed by atoms with Gasteiger partial charge in [0.1, 0.15) is 11.4 Å². The molecule has 0 bridgehead atoms. The first kappa shape index (κ1) is 19.9. The normalized spacial score (nSPS) is 23.0. The molecule has 11 heteroatoms. The molecule has 0 radical (unpaired) electrons. The van der Waals surface area contributed by atoms with Gasteiger partial charge in [0.2, 0.25) is 16.0 Å². The molecule has 0 amide bonds. The molecule has 2 aromatic rings. The van der Waals surface area contributed by atoms with E-state index in [1.165, 1.54) is 18.4 Å². The minimum absolute atomic E-state index is 0.0996. The van der Waals surface area contributed by atoms with Crippen LogP contribution in [0.5, 0.6) is 0 Å². The Labute approximate surface area is 166 Å². The van der Waals surface area contributed by atoms with Crippen LogP contribution < -0.4 is 11.1 Å². The Bertz CT molecular complexity index is 1010. The first-order chi connectivity index (χ1) is 12.5. The molecule has 4 N–H and O–H groups in total. The third-order valence-electron chi connectivity index (χ3n) is 4.20. The van der Waals surface area contributed by atoms with Crippen molar-refractivity contribution >= 4 is 44.7 Å². The fourth-order valence-corrected chi connectivity index (χ4v) is 5.90. The summed E-state index contributed by atoms with van der Waals surface area (Å²) in [6.07, 6.45) is -1.05. The highest BCUT2D eigenvalue weighted by Gasteiger charge is 2.42. The summed E-state index contributed by atoms with van der Waals surface area (Å²) in [5, 5.41) is 13.7. The molecule has 1 aliphatic rings. The van der Waals surface area contributed by atoms with E-state index in [0.29, 0.717) is 20.6 Å². The number of nitrogens with one attached hydrogen (secondary N) is 1. The molecule has 27 heavy (non-hydrogen) atoms. The van der Waals surface area contributed by atoms with Gasteiger partial charge in [-0.3, -0.25) is 0 Å². The maximum Gasteiger partial charge on any atom is 0.239 e. The second-order valence-corrected chi connectivity index (χ2v) is 10.00. The fraction of sp³-hybridized carbons (Fsp3) is 0.375. The number of halogens is 1. The van der Waals surface area contributed by atoms with Crippen LogP contribution >= 0.6 is 22.9 Å². The highest BCUT2D eigenvalue weighted by Crippen LogP contribution is 2.42. The van der Waals surface area contributed by atoms with Gasteiger partial charge in [0.05, 0.1) is 20.5 Å². The van der Waals surface area contributed by atoms with Crippen LogP contribution in [0.15, 0.2) is 29.3 Å². The Balaban J connectivity index is 1.92. The lowest BCUT2D eigenvalue weighted by Crippen LogP contribution is -2.50. The number of thiophene rings is 1. The molecule has 2 atom stereocenters. The van der Waals surface area contributed by atoms with E-state index in [0.717, 1.165) is 10.00 Å². The molecular weight excluding hydrogens is 410 g/mol. The van der Waals surface area contributed by atoms with Crippen LogP contribution in [0.3, 0.4) is 0 Å². The molecule has 0 aromatic carbocycles. The summed E-state index contributed by atoms with van der Waals surface area (Å²) in [5.74, 6) is 0.154. The Hall–Kier alpha value is -1.88. The summed E-state index contributed by atoms with van der Waals surface area (Å²) >= 11 is 7.54. The number of guanidine groups is 1. The van der Waals surface area contributed by atoms with Crippen LogP contribution in [0, 0.1) is 6.92 Å². The number of anilines is 1. The molecule has 146 valence electrons. The first-order valence-corrected chi connectivity index (χ1v) is 10.8. The number of aliphatic hydroxyl groups is 1. The van der Waals surface area contributed by atoms with Crippen molar-refractivity contribution in [1.29, 1.82) is 0 Å². The Morgan fingerprint density at radius 3 is 2.81 bits per heavy atom. The van der Waals surface area contributed by atoms with Crippen molar-refractivity contribution in [2.45, 2.75) is 25.6 Å². The maximum atomic E-state index is 12.4. The van der Waals surface area contributed by atoms with Crippen LogP contribution in [0.2, 0.25) is 5.02 Å². The largest absolute Gasteiger partial charge is 0.369 e. The van der Waals surface area contributed by atoms with E-state index in [1.807, 2.05) is 19.1 Å². The van der Waals surface area contributed by atoms with Crippen molar-refractivity contribution in [1.82, 2.24) is 9.29 Å². The Morgan fingerprint density at radius 1 is 1.48 bits per heavy atom. The number of aliphatic hydroxyl groups excluding tert-OH is 1. The third kappa shape index (κ3) is 3.88. The number of sulfonamides is 1. The van der Waals surface area contributed by atoms with Gasteiger partial charge in [-0.15, -0.1) is 11.3 Å². The maximum absolute atomic E-state index is 12.4. The third-order valence-corrected chi connectivity index (χ3v) is 8.00. The highest BCUT2D eigenvalue weighted by atomic mass is 35.5. The summed E-state index contributed by atoms with van der Waals surface area (Å²) in [6.45, 7) is 3.51. The van der Waals surface area contributed by atoms with Crippen molar-refractivity contribution in [2.75, 3.05) is 18.1 Å². The molecule has 2 aromatic heterocycles. The van der Waals surface area contributed by atoms with Gasteiger partial charge in [-0.2, -0.15) is 0 Å². The lowest BCUT2D eigenvalue weighted by atomic mass is 10.0. The molecule has 0 fully saturated rings. The van der Waals surface area contributed by atoms with Gasteiger partial charge in [-0.05, 0) is 32.0 Å². The lowest BCUT2D eigenvalue weighted by Gasteiger charge is -2.33. The number of hydrogen-bond acceptors (Lipinski definition) is 8. The van der Waals surface area contributed by atoms with E-state index in [4.69, 9.17) is 17.3 Å². The number of nitrogens with two attached hydrogens (primary N) is 1. The topological polar surface area (TPSA) is 121 Å². The van der Waals surface area contributed by atoms with Gasteiger partial charge < -0.3 is 16.2 Å². The van der Waals surface area contributed by atoms with Crippen molar-refractivity contribution in [3.8, 4) is 0 Å². The van der Waals surface area contributed by atoms with Gasteiger partial charge in [0, 0.05) is 12.7 Å². The number of aryl methyl sites for hydroxylation is 1. The lowest BCUT2D eigenvalue weighted by molar-refractivity contribution is 0.211. The van der Waals surface area contributed by atoms with Crippen LogP contribution in [0.4, 0.5) is 5.82 Å². The summed E-state index contributed by atoms with van der Waals surface area (Å²) in [6, 6.07) is 7.01. The summed E-state index contributed by atoms with van der Waals surface area (Å²) in [7, 11) is -2.25. The van der Waals surface area contributed by atoms with Gasteiger partial charge in [0.25, 0.3) is 0 Å². The van der Waals surface area contributed by atoms with Crippen molar-refractivity contribution in [3.05, 3.63) is 44.7 Å². The van der Waals surface area contributed by atoms with Crippen LogP contribution in [-0.2, 0) is 15.6 Å². The number of nitrogens with zero attached hydrogens (tertiary/aromatic N) is 3. The monoisotopic (exact) mass is 429 g/mol. The Kier molecular flexibility index (Phi) is 5.10. The smallest absolute Gasteiger partial charge is 0.239 e. The molecule has 3 rings (SSSR count). The average molecular weight is 430 g/mol. The Morgan fingerprint density at radius 2 is 2.19 bits per heavy atom. The SMILES string of the molecule is Cc1cccc(NC(O)c2cc(Cl)c([C@]3(C)CS(=O)(=O)N(C)C(N)=N3)s2)n1. The number of pyridine rings is 1. The second-order valence-electron chi connectivity index (χ2n) is 6.50. The molecule has 0 spiro atoms. The summed E-state index contributed by atoms with van der Waals surface area (Å²) in [4.78, 5) is 9.67. The van der Waals surface area contributed by atoms with Gasteiger partial charge in [0.15, 0.2) is 6.23 Å². The van der Waals surface area contributed by atoms with Gasteiger partial charge in [-0.1, -0.05) is 17.7 Å². The molecule has 0 aliphatic carbocycles. The highest BCUT2D eigenvalue weighted by molar-refractivity contribution is 7.89. The van der Waals surface area contributed by atoms with Gasteiger partial charge in [-0.25, -0.2) is 22.7 Å². The second kappa shape index (κ2) is 6.93. The van der Waals surface area contributed by atoms with E-state index in [-0.39, 0.29) is 11.7 Å². The minimum atomic E-state index is -3.61. The predicted octanol–water partition coefficient (Wildman–Crippen LogP) is 2.01. The van der Waals surface area contributed by atoms with Crippen molar-refractivity contribution < 1.29 is 13.5 Å². The molecule has 8 nitrogen and oxygen atoms in total. The van der Waals surface area contributed by atoms with E-state index >= 15 is 0 Å². The van der Waals surface area contributed by atoms with E-state index < -0.39 is 21.8 Å². The van der Waals surface area contributed by atoms with Crippen molar-refractivity contribution in [3.63, 3.8) is 0 Å². The van der Waals surface area contributed by atoms with Crippen molar-refractivity contribution in [2.24, 2.45) is 10.7 Å². The summed E-state index contributed by atoms with van der Waals surface area (Å²) < 4.78 is 25.7. The summed E-state index contributed by atoms with van der Waals surface area (Å²) in [5.41, 5.74) is 5.47. The average Bonchev–Trinajstić information content (AvgIpc) is 2.95. The molecule has 1 aliphatic heterocycles. The van der Waals surface area contributed by atoms with Gasteiger partial charge >= 0.3 is 0 Å². The zero-order chi connectivity index (χ0) is 20.0. The zero-order valence-corrected chi connectivity index (χ0v) is 17.4. The van der Waals surface area contributed by atoms with Crippen LogP contribution in [-0.4, -0.2) is 41.6 Å². The van der Waals surface area contributed by atoms with E-state index in [1.54, 1.807) is 19.1 Å². The minimum Gasteiger partial charge on any atom is -0.369 e. The van der Waals surface area contributed by atoms with E-state index in [9.17, 15) is 13.5 Å². The van der Waals surface area contributed by atoms with E-state index in [2.05, 4.69) is 15.3 Å². The zero-order valence-electron chi connectivity index (χ0n) is 15.0. The number of aliphatic imine (C=N–C) groups is 1. The number of hydrogen-bond donors (Lipinski definition) is 3. The molecule has 3 heterocycles. The van der Waals surface area contributed by atoms with Crippen LogP contribution in [0.1, 0.15) is 28.6 Å². The molecule has 1 unspecified atom stereocenters. The predicted molar refractivity (Wildman–Crippen MR) is 107 cm³/mol. The molecular formula is C16H20ClN5O3S2. The first-order valence-electron chi connectivity index (χ1n) is 8.02. The van der Waals surface area contributed by atoms with Crippen LogP contribution in [0.25, 0.3) is 0 Å². The fourth-order valence-electron chi connectivity index (χ4n) is 2.79. The standard InChI is InChI=1S/C16H20ClN5O3S2/c1-9-5-4-6-12(19-9)20-14(23)11-7-10(17)13(26-11)16(2)8-27(24,25)22(3)15(18)21-16/h4-7,14,23H,8H2,1-3H3,(H2,18,21)(H,19,20)/t14?,16-/m0/s1. The number of aromatic nitrogens is 1.